The summed E-state index contributed by atoms with van der Waals surface area (Å²) in [5, 5.41) is 2.73. The Bertz CT molecular complexity index is 1030. The summed E-state index contributed by atoms with van der Waals surface area (Å²) in [6.07, 6.45) is 1.20. The molecule has 8 nitrogen and oxygen atoms in total. The van der Waals surface area contributed by atoms with Gasteiger partial charge in [-0.15, -0.1) is 0 Å². The lowest BCUT2D eigenvalue weighted by atomic mass is 9.84. The van der Waals surface area contributed by atoms with Crippen molar-refractivity contribution in [3.8, 4) is 11.5 Å². The summed E-state index contributed by atoms with van der Waals surface area (Å²) in [5.74, 6) is 1.17. The third-order valence-corrected chi connectivity index (χ3v) is 6.24. The van der Waals surface area contributed by atoms with E-state index < -0.39 is 23.7 Å². The molecule has 40 heavy (non-hydrogen) atoms. The molecule has 1 amide bonds. The summed E-state index contributed by atoms with van der Waals surface area (Å²) in [4.78, 5) is 25.3. The summed E-state index contributed by atoms with van der Waals surface area (Å²) in [5.41, 5.74) is 1.44. The fraction of sp³-hybridized carbons (Fsp3) is 0.562. The van der Waals surface area contributed by atoms with Gasteiger partial charge in [0.1, 0.15) is 18.2 Å². The van der Waals surface area contributed by atoms with E-state index in [-0.39, 0.29) is 18.4 Å². The molecule has 2 rings (SSSR count). The largest absolute Gasteiger partial charge is 0.490 e. The second-order valence-corrected chi connectivity index (χ2v) is 11.1. The molecule has 0 unspecified atom stereocenters. The van der Waals surface area contributed by atoms with Gasteiger partial charge in [0.25, 0.3) is 0 Å². The molecule has 0 radical (unpaired) electrons. The van der Waals surface area contributed by atoms with Crippen LogP contribution in [0.2, 0.25) is 0 Å². The standard InChI is InChI=1S/C32H47NO7/c1-8-37-30(34)27(33-31(35)40-32(4,5)6)21-26(23(2)3)19-25-15-16-28(29(20-25)38-18-12-17-36-7)39-22-24-13-10-9-11-14-24/h9-11,13-16,20,23,26-27H,8,12,17-19,21-22H2,1-7H3,(H,33,35)/t26-,27-/m0/s1. The van der Waals surface area contributed by atoms with Gasteiger partial charge in [0.05, 0.1) is 13.2 Å². The molecule has 2 aromatic rings. The van der Waals surface area contributed by atoms with Crippen LogP contribution in [0.25, 0.3) is 0 Å². The van der Waals surface area contributed by atoms with Gasteiger partial charge >= 0.3 is 12.1 Å². The van der Waals surface area contributed by atoms with Crippen LogP contribution in [0.15, 0.2) is 48.5 Å². The molecule has 0 aromatic heterocycles. The normalized spacial score (nSPS) is 12.9. The maximum absolute atomic E-state index is 12.8. The van der Waals surface area contributed by atoms with Crippen LogP contribution in [0.1, 0.15) is 65.5 Å². The van der Waals surface area contributed by atoms with Crippen LogP contribution in [0, 0.1) is 11.8 Å². The maximum Gasteiger partial charge on any atom is 0.408 e. The molecule has 0 saturated heterocycles. The van der Waals surface area contributed by atoms with E-state index in [9.17, 15) is 9.59 Å². The Morgan fingerprint density at radius 3 is 2.27 bits per heavy atom. The van der Waals surface area contributed by atoms with Gasteiger partial charge in [0, 0.05) is 20.1 Å². The quantitative estimate of drug-likeness (QED) is 0.190. The van der Waals surface area contributed by atoms with Crippen molar-refractivity contribution in [2.45, 2.75) is 79.1 Å². The molecule has 2 atom stereocenters. The fourth-order valence-electron chi connectivity index (χ4n) is 4.14. The predicted molar refractivity (Wildman–Crippen MR) is 156 cm³/mol. The van der Waals surface area contributed by atoms with Gasteiger partial charge in [-0.1, -0.05) is 50.2 Å². The van der Waals surface area contributed by atoms with Crippen molar-refractivity contribution in [2.24, 2.45) is 11.8 Å². The molecule has 0 aliphatic carbocycles. The van der Waals surface area contributed by atoms with E-state index >= 15 is 0 Å². The number of esters is 1. The minimum Gasteiger partial charge on any atom is -0.490 e. The first-order valence-electron chi connectivity index (χ1n) is 14.1. The number of alkyl carbamates (subject to hydrolysis) is 1. The number of nitrogens with one attached hydrogen (secondary N) is 1. The Labute approximate surface area is 239 Å². The lowest BCUT2D eigenvalue weighted by Gasteiger charge is -2.27. The van der Waals surface area contributed by atoms with Gasteiger partial charge in [0.15, 0.2) is 11.5 Å². The van der Waals surface area contributed by atoms with E-state index in [1.54, 1.807) is 34.8 Å². The van der Waals surface area contributed by atoms with Crippen LogP contribution in [-0.2, 0) is 32.0 Å². The van der Waals surface area contributed by atoms with E-state index in [0.717, 1.165) is 17.5 Å². The SMILES string of the molecule is CCOC(=O)[C@H](C[C@H](Cc1ccc(OCc2ccccc2)c(OCCCOC)c1)C(C)C)NC(=O)OC(C)(C)C. The van der Waals surface area contributed by atoms with Crippen molar-refractivity contribution in [1.82, 2.24) is 5.32 Å². The van der Waals surface area contributed by atoms with Gasteiger partial charge in [-0.2, -0.15) is 0 Å². The zero-order chi connectivity index (χ0) is 29.5. The Kier molecular flexibility index (Phi) is 13.8. The molecular weight excluding hydrogens is 510 g/mol. The van der Waals surface area contributed by atoms with Gasteiger partial charge in [-0.05, 0) is 75.6 Å². The Hall–Kier alpha value is -3.26. The number of carbonyl (C=O) groups excluding carboxylic acids is 2. The molecule has 0 heterocycles. The Morgan fingerprint density at radius 2 is 1.65 bits per heavy atom. The fourth-order valence-corrected chi connectivity index (χ4v) is 4.14. The first kappa shape index (κ1) is 32.9. The number of methoxy groups -OCH3 is 1. The third-order valence-electron chi connectivity index (χ3n) is 6.24. The Morgan fingerprint density at radius 1 is 0.925 bits per heavy atom. The first-order chi connectivity index (χ1) is 19.0. The number of hydrogen-bond donors (Lipinski definition) is 1. The molecule has 0 saturated carbocycles. The number of rotatable bonds is 16. The van der Waals surface area contributed by atoms with Gasteiger partial charge in [-0.25, -0.2) is 9.59 Å². The van der Waals surface area contributed by atoms with Crippen molar-refractivity contribution in [3.05, 3.63) is 59.7 Å². The summed E-state index contributed by atoms with van der Waals surface area (Å²) in [6, 6.07) is 15.1. The third kappa shape index (κ3) is 12.3. The van der Waals surface area contributed by atoms with Crippen molar-refractivity contribution >= 4 is 12.1 Å². The van der Waals surface area contributed by atoms with Crippen LogP contribution >= 0.6 is 0 Å². The minimum absolute atomic E-state index is 0.0711. The molecule has 0 spiro atoms. The molecular formula is C32H47NO7. The van der Waals surface area contributed by atoms with Gasteiger partial charge in [0.2, 0.25) is 0 Å². The van der Waals surface area contributed by atoms with Crippen molar-refractivity contribution in [2.75, 3.05) is 26.9 Å². The number of carbonyl (C=O) groups is 2. The summed E-state index contributed by atoms with van der Waals surface area (Å²) in [6.45, 7) is 13.1. The number of hydrogen-bond acceptors (Lipinski definition) is 7. The van der Waals surface area contributed by atoms with Crippen molar-refractivity contribution in [1.29, 1.82) is 0 Å². The highest BCUT2D eigenvalue weighted by Crippen LogP contribution is 2.32. The smallest absolute Gasteiger partial charge is 0.408 e. The highest BCUT2D eigenvalue weighted by Gasteiger charge is 2.29. The summed E-state index contributed by atoms with van der Waals surface area (Å²) >= 11 is 0. The van der Waals surface area contributed by atoms with Crippen LogP contribution in [-0.4, -0.2) is 50.6 Å². The lowest BCUT2D eigenvalue weighted by Crippen LogP contribution is -2.45. The predicted octanol–water partition coefficient (Wildman–Crippen LogP) is 6.34. The minimum atomic E-state index is -0.819. The molecule has 1 N–H and O–H groups in total. The second-order valence-electron chi connectivity index (χ2n) is 11.1. The van der Waals surface area contributed by atoms with E-state index in [4.69, 9.17) is 23.7 Å². The molecule has 0 bridgehead atoms. The number of amides is 1. The van der Waals surface area contributed by atoms with Crippen LogP contribution < -0.4 is 14.8 Å². The molecule has 2 aromatic carbocycles. The van der Waals surface area contributed by atoms with Gasteiger partial charge < -0.3 is 29.0 Å². The number of ether oxygens (including phenoxy) is 5. The maximum atomic E-state index is 12.8. The van der Waals surface area contributed by atoms with Crippen molar-refractivity contribution < 1.29 is 33.3 Å². The molecule has 0 aliphatic rings. The first-order valence-corrected chi connectivity index (χ1v) is 14.1. The molecule has 0 aliphatic heterocycles. The summed E-state index contributed by atoms with van der Waals surface area (Å²) in [7, 11) is 1.67. The average molecular weight is 558 g/mol. The van der Waals surface area contributed by atoms with Crippen LogP contribution in [0.3, 0.4) is 0 Å². The topological polar surface area (TPSA) is 92.3 Å². The summed E-state index contributed by atoms with van der Waals surface area (Å²) < 4.78 is 28.1. The molecule has 0 fully saturated rings. The van der Waals surface area contributed by atoms with E-state index in [1.165, 1.54) is 0 Å². The van der Waals surface area contributed by atoms with Gasteiger partial charge in [-0.3, -0.25) is 0 Å². The van der Waals surface area contributed by atoms with Crippen molar-refractivity contribution in [3.63, 3.8) is 0 Å². The van der Waals surface area contributed by atoms with E-state index in [0.29, 0.717) is 44.2 Å². The zero-order valence-corrected chi connectivity index (χ0v) is 25.2. The van der Waals surface area contributed by atoms with Crippen LogP contribution in [0.5, 0.6) is 11.5 Å². The highest BCUT2D eigenvalue weighted by atomic mass is 16.6. The zero-order valence-electron chi connectivity index (χ0n) is 25.2. The Balaban J connectivity index is 2.21. The number of benzene rings is 2. The highest BCUT2D eigenvalue weighted by molar-refractivity contribution is 5.81. The van der Waals surface area contributed by atoms with E-state index in [1.807, 2.05) is 48.5 Å². The molecule has 8 heteroatoms. The van der Waals surface area contributed by atoms with E-state index in [2.05, 4.69) is 19.2 Å². The van der Waals surface area contributed by atoms with Crippen LogP contribution in [0.4, 0.5) is 4.79 Å². The molecule has 222 valence electrons. The second kappa shape index (κ2) is 16.8. The monoisotopic (exact) mass is 557 g/mol. The lowest BCUT2D eigenvalue weighted by molar-refractivity contribution is -0.146. The average Bonchev–Trinajstić information content (AvgIpc) is 2.89.